The molecule has 3 fully saturated rings. The Bertz CT molecular complexity index is 884. The van der Waals surface area contributed by atoms with Crippen molar-refractivity contribution in [1.82, 2.24) is 9.80 Å². The number of hydrogen-bond donors (Lipinski definition) is 1. The second-order valence-electron chi connectivity index (χ2n) is 12.7. The highest BCUT2D eigenvalue weighted by molar-refractivity contribution is 8.02. The molecule has 1 N–H and O–H groups in total. The highest BCUT2D eigenvalue weighted by Crippen LogP contribution is 2.71. The maximum Gasteiger partial charge on any atom is 0.311 e. The van der Waals surface area contributed by atoms with Gasteiger partial charge in [-0.3, -0.25) is 14.4 Å². The van der Waals surface area contributed by atoms with Crippen molar-refractivity contribution in [3.8, 4) is 0 Å². The first-order chi connectivity index (χ1) is 16.7. The van der Waals surface area contributed by atoms with E-state index in [0.717, 1.165) is 19.3 Å². The first-order valence-electron chi connectivity index (χ1n) is 13.4. The van der Waals surface area contributed by atoms with Crippen molar-refractivity contribution in [1.29, 1.82) is 0 Å². The number of aliphatic hydroxyl groups is 1. The lowest BCUT2D eigenvalue weighted by Gasteiger charge is -2.46. The molecule has 5 atom stereocenters. The van der Waals surface area contributed by atoms with Gasteiger partial charge in [0.05, 0.1) is 23.2 Å². The van der Waals surface area contributed by atoms with Gasteiger partial charge >= 0.3 is 5.97 Å². The van der Waals surface area contributed by atoms with Crippen LogP contribution in [0.1, 0.15) is 80.6 Å². The van der Waals surface area contributed by atoms with Gasteiger partial charge in [0.25, 0.3) is 0 Å². The van der Waals surface area contributed by atoms with Gasteiger partial charge in [0.15, 0.2) is 0 Å². The Balaban J connectivity index is 2.08. The molecule has 8 heteroatoms. The Kier molecular flexibility index (Phi) is 8.32. The molecule has 3 saturated heterocycles. The fraction of sp³-hybridized carbons (Fsp3) is 0.821. The third-order valence-electron chi connectivity index (χ3n) is 8.13. The van der Waals surface area contributed by atoms with E-state index >= 15 is 0 Å². The Labute approximate surface area is 221 Å². The van der Waals surface area contributed by atoms with Crippen molar-refractivity contribution in [2.45, 2.75) is 102 Å². The molecule has 3 heterocycles. The number of rotatable bonds is 11. The summed E-state index contributed by atoms with van der Waals surface area (Å²) in [5, 5.41) is 9.37. The first-order valence-corrected chi connectivity index (χ1v) is 14.2. The summed E-state index contributed by atoms with van der Waals surface area (Å²) in [6.07, 6.45) is 5.19. The molecule has 3 aliphatic rings. The molecule has 7 nitrogen and oxygen atoms in total. The van der Waals surface area contributed by atoms with E-state index in [2.05, 4.69) is 48.1 Å². The summed E-state index contributed by atoms with van der Waals surface area (Å²) >= 11 is 1.67. The Morgan fingerprint density at radius 1 is 1.25 bits per heavy atom. The number of fused-ring (bicyclic) bond motifs is 1. The number of carbonyl (C=O) groups is 3. The van der Waals surface area contributed by atoms with Crippen LogP contribution in [-0.2, 0) is 19.1 Å². The van der Waals surface area contributed by atoms with Gasteiger partial charge in [0, 0.05) is 30.0 Å². The van der Waals surface area contributed by atoms with Crippen LogP contribution < -0.4 is 0 Å². The molecule has 3 aliphatic heterocycles. The Morgan fingerprint density at radius 3 is 2.47 bits per heavy atom. The van der Waals surface area contributed by atoms with Crippen molar-refractivity contribution < 1.29 is 24.2 Å². The number of carbonyl (C=O) groups excluding carboxylic acids is 3. The number of unbranched alkanes of at least 4 members (excludes halogenated alkanes) is 1. The molecular formula is C28H46N2O5S. The predicted octanol–water partition coefficient (Wildman–Crippen LogP) is 4.03. The van der Waals surface area contributed by atoms with E-state index in [1.165, 1.54) is 0 Å². The van der Waals surface area contributed by atoms with Gasteiger partial charge in [-0.15, -0.1) is 18.3 Å². The van der Waals surface area contributed by atoms with E-state index < -0.39 is 32.9 Å². The molecule has 36 heavy (non-hydrogen) atoms. The molecule has 3 rings (SSSR count). The highest BCUT2D eigenvalue weighted by atomic mass is 32.2. The lowest BCUT2D eigenvalue weighted by molar-refractivity contribution is -0.155. The van der Waals surface area contributed by atoms with Gasteiger partial charge in [0.1, 0.15) is 6.04 Å². The SMILES string of the molecule is C=CCN(C(=O)C1N(CCCCO)C(=O)[C@@H]2[C@H](C(=O)OCC)[C@]3(C)CCC12S3)C(C)(C)CC(C)(C)C. The van der Waals surface area contributed by atoms with Crippen LogP contribution in [0.15, 0.2) is 12.7 Å². The standard InChI is InChI=1S/C28H46N2O5S/c1-9-15-30(26(6,7)18-25(3,4)5)23(33)21-28-14-13-27(8,36-28)20(24(34)35-10-2)19(28)22(32)29(21)16-11-12-17-31/h9,19-21,31H,1,10-18H2,2-8H3/t19-,20+,21?,27-,28?/m0/s1. The van der Waals surface area contributed by atoms with Gasteiger partial charge in [-0.05, 0) is 65.2 Å². The van der Waals surface area contributed by atoms with E-state index in [-0.39, 0.29) is 36.4 Å². The minimum atomic E-state index is -0.656. The molecule has 0 aromatic rings. The molecule has 0 aromatic carbocycles. The number of nitrogens with zero attached hydrogens (tertiary/aromatic N) is 2. The van der Waals surface area contributed by atoms with Crippen LogP contribution >= 0.6 is 11.8 Å². The number of aliphatic hydroxyl groups excluding tert-OH is 1. The molecule has 2 bridgehead atoms. The minimum Gasteiger partial charge on any atom is -0.466 e. The number of hydrogen-bond acceptors (Lipinski definition) is 6. The van der Waals surface area contributed by atoms with Crippen molar-refractivity contribution >= 4 is 29.5 Å². The van der Waals surface area contributed by atoms with Crippen LogP contribution in [0, 0.1) is 17.3 Å². The number of esters is 1. The van der Waals surface area contributed by atoms with E-state index in [1.807, 2.05) is 4.90 Å². The van der Waals surface area contributed by atoms with Crippen LogP contribution in [0.2, 0.25) is 0 Å². The maximum atomic E-state index is 14.6. The van der Waals surface area contributed by atoms with Crippen LogP contribution in [0.25, 0.3) is 0 Å². The predicted molar refractivity (Wildman–Crippen MR) is 143 cm³/mol. The lowest BCUT2D eigenvalue weighted by Crippen LogP contribution is -2.60. The second-order valence-corrected chi connectivity index (χ2v) is 14.6. The van der Waals surface area contributed by atoms with Crippen LogP contribution in [0.4, 0.5) is 0 Å². The third-order valence-corrected chi connectivity index (χ3v) is 10.1. The topological polar surface area (TPSA) is 87.2 Å². The summed E-state index contributed by atoms with van der Waals surface area (Å²) < 4.78 is 4.38. The zero-order valence-electron chi connectivity index (χ0n) is 23.3. The van der Waals surface area contributed by atoms with Gasteiger partial charge in [-0.1, -0.05) is 26.8 Å². The first kappa shape index (κ1) is 29.0. The highest BCUT2D eigenvalue weighted by Gasteiger charge is 2.77. The van der Waals surface area contributed by atoms with Gasteiger partial charge in [-0.2, -0.15) is 0 Å². The van der Waals surface area contributed by atoms with Crippen LogP contribution in [0.3, 0.4) is 0 Å². The summed E-state index contributed by atoms with van der Waals surface area (Å²) in [5.74, 6) is -1.64. The zero-order chi connectivity index (χ0) is 27.1. The van der Waals surface area contributed by atoms with Crippen molar-refractivity contribution in [3.05, 3.63) is 12.7 Å². The van der Waals surface area contributed by atoms with E-state index in [9.17, 15) is 19.5 Å². The van der Waals surface area contributed by atoms with Crippen LogP contribution in [-0.4, -0.2) is 80.1 Å². The number of likely N-dealkylation sites (tertiary alicyclic amines) is 1. The van der Waals surface area contributed by atoms with Crippen LogP contribution in [0.5, 0.6) is 0 Å². The minimum absolute atomic E-state index is 0.000620. The summed E-state index contributed by atoms with van der Waals surface area (Å²) in [7, 11) is 0. The van der Waals surface area contributed by atoms with E-state index in [0.29, 0.717) is 25.9 Å². The van der Waals surface area contributed by atoms with E-state index in [1.54, 1.807) is 29.7 Å². The van der Waals surface area contributed by atoms with E-state index in [4.69, 9.17) is 4.74 Å². The monoisotopic (exact) mass is 522 g/mol. The number of amides is 2. The average Bonchev–Trinajstić information content (AvgIpc) is 3.31. The molecule has 204 valence electrons. The largest absolute Gasteiger partial charge is 0.466 e. The molecule has 0 radical (unpaired) electrons. The molecule has 0 aliphatic carbocycles. The maximum absolute atomic E-state index is 14.6. The van der Waals surface area contributed by atoms with Gasteiger partial charge < -0.3 is 19.6 Å². The van der Waals surface area contributed by atoms with Crippen molar-refractivity contribution in [2.75, 3.05) is 26.3 Å². The van der Waals surface area contributed by atoms with Crippen molar-refractivity contribution in [2.24, 2.45) is 17.3 Å². The Morgan fingerprint density at radius 2 is 1.92 bits per heavy atom. The number of ether oxygens (including phenoxy) is 1. The molecule has 0 aromatic heterocycles. The smallest absolute Gasteiger partial charge is 0.311 e. The van der Waals surface area contributed by atoms with Crippen molar-refractivity contribution in [3.63, 3.8) is 0 Å². The zero-order valence-corrected chi connectivity index (χ0v) is 24.1. The van der Waals surface area contributed by atoms with Gasteiger partial charge in [0.2, 0.25) is 11.8 Å². The summed E-state index contributed by atoms with van der Waals surface area (Å²) in [5.41, 5.74) is -0.455. The lowest BCUT2D eigenvalue weighted by atomic mass is 9.66. The molecule has 0 saturated carbocycles. The average molecular weight is 523 g/mol. The summed E-state index contributed by atoms with van der Waals surface area (Å²) in [6.45, 7) is 19.5. The number of thioether (sulfide) groups is 1. The second kappa shape index (κ2) is 10.3. The molecule has 1 spiro atoms. The molecular weight excluding hydrogens is 476 g/mol. The summed E-state index contributed by atoms with van der Waals surface area (Å²) in [4.78, 5) is 45.4. The Hall–Kier alpha value is -1.54. The van der Waals surface area contributed by atoms with Gasteiger partial charge in [-0.25, -0.2) is 0 Å². The molecule has 2 unspecified atom stereocenters. The quantitative estimate of drug-likeness (QED) is 0.250. The summed E-state index contributed by atoms with van der Waals surface area (Å²) in [6, 6.07) is -0.654. The third kappa shape index (κ3) is 4.96. The fourth-order valence-corrected chi connectivity index (χ4v) is 9.57. The molecule has 2 amide bonds. The fourth-order valence-electron chi connectivity index (χ4n) is 7.23. The normalized spacial score (nSPS) is 31.5.